The van der Waals surface area contributed by atoms with Gasteiger partial charge in [-0.3, -0.25) is 0 Å². The van der Waals surface area contributed by atoms with Crippen LogP contribution in [0.2, 0.25) is 0 Å². The van der Waals surface area contributed by atoms with Gasteiger partial charge in [0.05, 0.1) is 0 Å². The maximum atomic E-state index is 4.39. The van der Waals surface area contributed by atoms with Gasteiger partial charge >= 0.3 is 36.9 Å². The van der Waals surface area contributed by atoms with Crippen molar-refractivity contribution in [2.75, 3.05) is 0 Å². The van der Waals surface area contributed by atoms with E-state index in [1.54, 1.807) is 0 Å². The Morgan fingerprint density at radius 2 is 1.25 bits per heavy atom. The zero-order chi connectivity index (χ0) is 2.71. The third kappa shape index (κ3) is 9.48. The van der Waals surface area contributed by atoms with Crippen molar-refractivity contribution < 1.29 is 0 Å². The average molecular weight is 310 g/mol. The Balaban J connectivity index is 0. The van der Waals surface area contributed by atoms with Gasteiger partial charge in [-0.2, -0.15) is 0 Å². The summed E-state index contributed by atoms with van der Waals surface area (Å²) in [6.45, 7) is 0. The van der Waals surface area contributed by atoms with Crippen LogP contribution in [0, 0.1) is 0 Å². The molecule has 0 fully saturated rings. The van der Waals surface area contributed by atoms with Gasteiger partial charge in [0.15, 0.2) is 0 Å². The summed E-state index contributed by atoms with van der Waals surface area (Å²) in [6.07, 6.45) is 0. The molecule has 0 saturated heterocycles. The van der Waals surface area contributed by atoms with Crippen LogP contribution in [0.15, 0.2) is 0 Å². The second kappa shape index (κ2) is 8.82. The normalized spacial score (nSPS) is 2.00. The Bertz CT molecular complexity index is 27.0. The average Bonchev–Trinajstić information content (AvgIpc) is 0.918. The van der Waals surface area contributed by atoms with Crippen LogP contribution in [-0.4, -0.2) is 19.2 Å². The predicted octanol–water partition coefficient (Wildman–Crippen LogP) is 1.34. The van der Waals surface area contributed by atoms with Gasteiger partial charge in [0.25, 0.3) is 0 Å². The van der Waals surface area contributed by atoms with Gasteiger partial charge < -0.3 is 0 Å². The van der Waals surface area contributed by atoms with Crippen molar-refractivity contribution in [3.05, 3.63) is 0 Å². The van der Waals surface area contributed by atoms with Crippen LogP contribution >= 0.6 is 30.1 Å². The molecular weight excluding hydrogens is 309 g/mol. The van der Waals surface area contributed by atoms with Crippen LogP contribution in [-0.2, 0) is 0 Å². The van der Waals surface area contributed by atoms with Crippen molar-refractivity contribution >= 4 is 49.3 Å². The molecule has 25 valence electrons. The van der Waals surface area contributed by atoms with Crippen LogP contribution in [0.3, 0.4) is 0 Å². The van der Waals surface area contributed by atoms with Crippen molar-refractivity contribution in [2.45, 2.75) is 0 Å². The molecule has 0 bridgehead atoms. The van der Waals surface area contributed by atoms with Crippen LogP contribution in [0.25, 0.3) is 0 Å². The molecule has 0 nitrogen and oxygen atoms in total. The predicted molar refractivity (Wildman–Crippen MR) is 28.2 cm³/mol. The fourth-order valence-electron chi connectivity index (χ4n) is 0. The summed E-state index contributed by atoms with van der Waals surface area (Å²) < 4.78 is 0. The van der Waals surface area contributed by atoms with Crippen LogP contribution in [0.4, 0.5) is 0 Å². The standard InChI is InChI=1S/Bi.ClH.2S/h;1H;;. The molecule has 0 aliphatic heterocycles. The Kier molecular flexibility index (Phi) is 20.2. The first-order valence-corrected chi connectivity index (χ1v) is 9.61. The minimum atomic E-state index is -0.667. The molecule has 4 heteroatoms. The minimum absolute atomic E-state index is 0. The summed E-state index contributed by atoms with van der Waals surface area (Å²) in [4.78, 5) is 0. The summed E-state index contributed by atoms with van der Waals surface area (Å²) in [7, 11) is 8.78. The van der Waals surface area contributed by atoms with Crippen molar-refractivity contribution in [1.29, 1.82) is 0 Å². The number of hydrogen-bond donors (Lipinski definition) is 0. The zero-order valence-electron chi connectivity index (χ0n) is 1.67. The van der Waals surface area contributed by atoms with Crippen molar-refractivity contribution in [2.24, 2.45) is 0 Å². The van der Waals surface area contributed by atoms with Crippen LogP contribution in [0.1, 0.15) is 0 Å². The first-order valence-electron chi connectivity index (χ1n) is 0.365. The second-order valence-corrected chi connectivity index (χ2v) is 5.89. The molecule has 0 unspecified atom stereocenters. The number of halogens is 1. The summed E-state index contributed by atoms with van der Waals surface area (Å²) >= 11 is -0.667. The van der Waals surface area contributed by atoms with Gasteiger partial charge in [0.2, 0.25) is 0 Å². The third-order valence-electron chi connectivity index (χ3n) is 0. The molecule has 0 N–H and O–H groups in total. The zero-order valence-corrected chi connectivity index (χ0v) is 7.60. The van der Waals surface area contributed by atoms with E-state index >= 15 is 0 Å². The molecule has 0 aliphatic carbocycles. The SMILES string of the molecule is Cl.[S]=[Bi]=[S]. The van der Waals surface area contributed by atoms with Gasteiger partial charge in [0, 0.05) is 0 Å². The summed E-state index contributed by atoms with van der Waals surface area (Å²) in [5.74, 6) is 0. The van der Waals surface area contributed by atoms with E-state index in [0.29, 0.717) is 0 Å². The summed E-state index contributed by atoms with van der Waals surface area (Å²) in [5.41, 5.74) is 0. The van der Waals surface area contributed by atoms with Crippen LogP contribution in [0.5, 0.6) is 0 Å². The number of rotatable bonds is 0. The van der Waals surface area contributed by atoms with Gasteiger partial charge in [-0.1, -0.05) is 0 Å². The quantitative estimate of drug-likeness (QED) is 0.619. The number of hydrogen-bond acceptors (Lipinski definition) is 2. The van der Waals surface area contributed by atoms with Gasteiger partial charge in [0.1, 0.15) is 0 Å². The molecule has 0 amide bonds. The van der Waals surface area contributed by atoms with E-state index in [9.17, 15) is 0 Å². The topological polar surface area (TPSA) is 0 Å². The second-order valence-electron chi connectivity index (χ2n) is 0.0745. The molecule has 0 heterocycles. The molecule has 0 spiro atoms. The molecule has 0 atom stereocenters. The molecule has 0 aromatic carbocycles. The molecule has 1 radical (unpaired) electrons. The van der Waals surface area contributed by atoms with Crippen LogP contribution < -0.4 is 0 Å². The maximum absolute atomic E-state index is 4.39. The van der Waals surface area contributed by atoms with E-state index in [1.165, 1.54) is 0 Å². The molecule has 0 aromatic heterocycles. The molecule has 4 heavy (non-hydrogen) atoms. The van der Waals surface area contributed by atoms with E-state index in [2.05, 4.69) is 17.7 Å². The van der Waals surface area contributed by atoms with E-state index < -0.39 is 19.2 Å². The fraction of sp³-hybridized carbons (Fsp3) is 0. The van der Waals surface area contributed by atoms with Gasteiger partial charge in [-0.05, 0) is 0 Å². The Hall–Kier alpha value is 1.61. The first kappa shape index (κ1) is 9.15. The first-order chi connectivity index (χ1) is 1.41. The summed E-state index contributed by atoms with van der Waals surface area (Å²) in [6, 6.07) is 0. The Labute approximate surface area is 48.8 Å². The molecule has 0 saturated carbocycles. The van der Waals surface area contributed by atoms with Gasteiger partial charge in [-0.25, -0.2) is 0 Å². The Morgan fingerprint density at radius 1 is 1.25 bits per heavy atom. The third-order valence-corrected chi connectivity index (χ3v) is 0. The van der Waals surface area contributed by atoms with E-state index in [0.717, 1.165) is 0 Å². The molecular formula is HBiClS2. The van der Waals surface area contributed by atoms with Crippen molar-refractivity contribution in [1.82, 2.24) is 0 Å². The van der Waals surface area contributed by atoms with Crippen molar-refractivity contribution in [3.8, 4) is 0 Å². The van der Waals surface area contributed by atoms with Gasteiger partial charge in [-0.15, -0.1) is 12.4 Å². The summed E-state index contributed by atoms with van der Waals surface area (Å²) in [5, 5.41) is 0. The van der Waals surface area contributed by atoms with Crippen molar-refractivity contribution in [3.63, 3.8) is 0 Å². The molecule has 0 aromatic rings. The Morgan fingerprint density at radius 3 is 1.25 bits per heavy atom. The monoisotopic (exact) mass is 309 g/mol. The van der Waals surface area contributed by atoms with E-state index in [4.69, 9.17) is 0 Å². The van der Waals surface area contributed by atoms with E-state index in [1.807, 2.05) is 0 Å². The molecule has 0 aliphatic rings. The fourth-order valence-corrected chi connectivity index (χ4v) is 0. The van der Waals surface area contributed by atoms with E-state index in [-0.39, 0.29) is 12.4 Å². The molecule has 0 rings (SSSR count).